The van der Waals surface area contributed by atoms with E-state index in [4.69, 9.17) is 10.5 Å². The number of nitrogens with two attached hydrogens (primary N) is 1. The number of para-hydroxylation sites is 1. The van der Waals surface area contributed by atoms with Crippen molar-refractivity contribution in [3.63, 3.8) is 0 Å². The molecule has 3 heteroatoms. The van der Waals surface area contributed by atoms with Crippen molar-refractivity contribution in [3.05, 3.63) is 65.4 Å². The minimum absolute atomic E-state index is 0.522. The van der Waals surface area contributed by atoms with Crippen LogP contribution in [0.1, 0.15) is 16.8 Å². The SMILES string of the molecule is Cc1nc2c(OCc3ccccc3)cccc2c(N)c1C. The third kappa shape index (κ3) is 2.55. The number of benzene rings is 2. The predicted octanol–water partition coefficient (Wildman–Crippen LogP) is 4.01. The third-order valence-corrected chi connectivity index (χ3v) is 3.75. The Morgan fingerprint density at radius 1 is 1.00 bits per heavy atom. The summed E-state index contributed by atoms with van der Waals surface area (Å²) in [6.07, 6.45) is 0. The molecule has 0 saturated carbocycles. The highest BCUT2D eigenvalue weighted by molar-refractivity contribution is 5.95. The van der Waals surface area contributed by atoms with E-state index in [9.17, 15) is 0 Å². The molecule has 0 bridgehead atoms. The lowest BCUT2D eigenvalue weighted by Crippen LogP contribution is -2.01. The van der Waals surface area contributed by atoms with Crippen LogP contribution in [0.4, 0.5) is 5.69 Å². The number of rotatable bonds is 3. The summed E-state index contributed by atoms with van der Waals surface area (Å²) in [5.41, 5.74) is 10.9. The molecule has 0 atom stereocenters. The highest BCUT2D eigenvalue weighted by Gasteiger charge is 2.10. The summed E-state index contributed by atoms with van der Waals surface area (Å²) in [5.74, 6) is 0.770. The van der Waals surface area contributed by atoms with Gasteiger partial charge in [-0.15, -0.1) is 0 Å². The van der Waals surface area contributed by atoms with Crippen LogP contribution in [0.5, 0.6) is 5.75 Å². The molecule has 0 amide bonds. The first-order valence-corrected chi connectivity index (χ1v) is 6.99. The molecule has 2 aromatic carbocycles. The molecule has 1 aromatic heterocycles. The quantitative estimate of drug-likeness (QED) is 0.787. The van der Waals surface area contributed by atoms with Crippen molar-refractivity contribution in [1.82, 2.24) is 4.98 Å². The van der Waals surface area contributed by atoms with Crippen molar-refractivity contribution >= 4 is 16.6 Å². The molecule has 0 spiro atoms. The van der Waals surface area contributed by atoms with E-state index in [1.807, 2.05) is 62.4 Å². The first-order valence-electron chi connectivity index (χ1n) is 6.99. The van der Waals surface area contributed by atoms with Crippen molar-refractivity contribution in [2.24, 2.45) is 0 Å². The van der Waals surface area contributed by atoms with Gasteiger partial charge in [0.15, 0.2) is 0 Å². The van der Waals surface area contributed by atoms with Crippen LogP contribution in [-0.4, -0.2) is 4.98 Å². The van der Waals surface area contributed by atoms with Crippen LogP contribution in [0, 0.1) is 13.8 Å². The zero-order valence-corrected chi connectivity index (χ0v) is 12.3. The van der Waals surface area contributed by atoms with E-state index < -0.39 is 0 Å². The Balaban J connectivity index is 1.99. The van der Waals surface area contributed by atoms with E-state index >= 15 is 0 Å². The molecule has 3 aromatic rings. The average molecular weight is 278 g/mol. The number of hydrogen-bond donors (Lipinski definition) is 1. The minimum atomic E-state index is 0.522. The van der Waals surface area contributed by atoms with Crippen LogP contribution >= 0.6 is 0 Å². The normalized spacial score (nSPS) is 10.8. The van der Waals surface area contributed by atoms with E-state index in [-0.39, 0.29) is 0 Å². The minimum Gasteiger partial charge on any atom is -0.487 e. The molecular weight excluding hydrogens is 260 g/mol. The lowest BCUT2D eigenvalue weighted by molar-refractivity contribution is 0.309. The molecule has 21 heavy (non-hydrogen) atoms. The number of ether oxygens (including phenoxy) is 1. The highest BCUT2D eigenvalue weighted by Crippen LogP contribution is 2.31. The average Bonchev–Trinajstić information content (AvgIpc) is 2.52. The Hall–Kier alpha value is -2.55. The second-order valence-corrected chi connectivity index (χ2v) is 5.16. The number of hydrogen-bond acceptors (Lipinski definition) is 3. The predicted molar refractivity (Wildman–Crippen MR) is 86.4 cm³/mol. The fourth-order valence-electron chi connectivity index (χ4n) is 2.36. The van der Waals surface area contributed by atoms with Gasteiger partial charge >= 0.3 is 0 Å². The van der Waals surface area contributed by atoms with E-state index in [1.54, 1.807) is 0 Å². The molecule has 0 aliphatic rings. The molecule has 0 aliphatic carbocycles. The Labute approximate surface area is 124 Å². The molecule has 1 heterocycles. The first-order chi connectivity index (χ1) is 10.2. The van der Waals surface area contributed by atoms with Gasteiger partial charge < -0.3 is 10.5 Å². The summed E-state index contributed by atoms with van der Waals surface area (Å²) in [6.45, 7) is 4.49. The lowest BCUT2D eigenvalue weighted by Gasteiger charge is -2.12. The Morgan fingerprint density at radius 2 is 1.76 bits per heavy atom. The van der Waals surface area contributed by atoms with Gasteiger partial charge in [0.05, 0.1) is 0 Å². The molecule has 0 saturated heterocycles. The summed E-state index contributed by atoms with van der Waals surface area (Å²) < 4.78 is 5.94. The highest BCUT2D eigenvalue weighted by atomic mass is 16.5. The van der Waals surface area contributed by atoms with E-state index in [0.717, 1.165) is 39.2 Å². The summed E-state index contributed by atoms with van der Waals surface area (Å²) in [4.78, 5) is 4.64. The van der Waals surface area contributed by atoms with Crippen LogP contribution in [0.2, 0.25) is 0 Å². The Morgan fingerprint density at radius 3 is 2.52 bits per heavy atom. The fraction of sp³-hybridized carbons (Fsp3) is 0.167. The molecule has 0 unspecified atom stereocenters. The summed E-state index contributed by atoms with van der Waals surface area (Å²) in [5, 5.41) is 0.948. The molecule has 0 fully saturated rings. The smallest absolute Gasteiger partial charge is 0.146 e. The Bertz CT molecular complexity index is 782. The molecular formula is C18H18N2O. The van der Waals surface area contributed by atoms with Crippen LogP contribution in [-0.2, 0) is 6.61 Å². The zero-order chi connectivity index (χ0) is 14.8. The maximum absolute atomic E-state index is 6.20. The van der Waals surface area contributed by atoms with Crippen molar-refractivity contribution in [2.75, 3.05) is 5.73 Å². The van der Waals surface area contributed by atoms with Gasteiger partial charge in [-0.1, -0.05) is 42.5 Å². The number of pyridine rings is 1. The molecule has 0 aliphatic heterocycles. The number of aromatic nitrogens is 1. The number of aryl methyl sites for hydroxylation is 1. The number of nitrogens with zero attached hydrogens (tertiary/aromatic N) is 1. The maximum Gasteiger partial charge on any atom is 0.146 e. The van der Waals surface area contributed by atoms with Gasteiger partial charge in [-0.2, -0.15) is 0 Å². The fourth-order valence-corrected chi connectivity index (χ4v) is 2.36. The van der Waals surface area contributed by atoms with Gasteiger partial charge in [-0.25, -0.2) is 4.98 Å². The standard InChI is InChI=1S/C18H18N2O/c1-12-13(2)20-18-15(17(12)19)9-6-10-16(18)21-11-14-7-4-3-5-8-14/h3-10H,11H2,1-2H3,(H2,19,20). The molecule has 2 N–H and O–H groups in total. The summed E-state index contributed by atoms with van der Waals surface area (Å²) in [6, 6.07) is 16.0. The maximum atomic E-state index is 6.20. The van der Waals surface area contributed by atoms with Crippen molar-refractivity contribution < 1.29 is 4.74 Å². The van der Waals surface area contributed by atoms with E-state index in [1.165, 1.54) is 0 Å². The summed E-state index contributed by atoms with van der Waals surface area (Å²) in [7, 11) is 0. The van der Waals surface area contributed by atoms with Crippen molar-refractivity contribution in [3.8, 4) is 5.75 Å². The largest absolute Gasteiger partial charge is 0.487 e. The van der Waals surface area contributed by atoms with Crippen LogP contribution in [0.25, 0.3) is 10.9 Å². The monoisotopic (exact) mass is 278 g/mol. The topological polar surface area (TPSA) is 48.1 Å². The van der Waals surface area contributed by atoms with Crippen molar-refractivity contribution in [1.29, 1.82) is 0 Å². The summed E-state index contributed by atoms with van der Waals surface area (Å²) >= 11 is 0. The van der Waals surface area contributed by atoms with E-state index in [2.05, 4.69) is 4.98 Å². The van der Waals surface area contributed by atoms with Crippen LogP contribution in [0.15, 0.2) is 48.5 Å². The van der Waals surface area contributed by atoms with Gasteiger partial charge in [0, 0.05) is 16.8 Å². The molecule has 3 rings (SSSR count). The van der Waals surface area contributed by atoms with Gasteiger partial charge in [0.1, 0.15) is 17.9 Å². The second-order valence-electron chi connectivity index (χ2n) is 5.16. The first kappa shape index (κ1) is 13.4. The number of anilines is 1. The third-order valence-electron chi connectivity index (χ3n) is 3.75. The zero-order valence-electron chi connectivity index (χ0n) is 12.3. The molecule has 0 radical (unpaired) electrons. The van der Waals surface area contributed by atoms with Gasteiger partial charge in [-0.3, -0.25) is 0 Å². The number of nitrogen functional groups attached to an aromatic ring is 1. The van der Waals surface area contributed by atoms with E-state index in [0.29, 0.717) is 6.61 Å². The van der Waals surface area contributed by atoms with Gasteiger partial charge in [-0.05, 0) is 31.0 Å². The molecule has 106 valence electrons. The second kappa shape index (κ2) is 5.44. The lowest BCUT2D eigenvalue weighted by atomic mass is 10.1. The van der Waals surface area contributed by atoms with Gasteiger partial charge in [0.2, 0.25) is 0 Å². The van der Waals surface area contributed by atoms with Crippen LogP contribution < -0.4 is 10.5 Å². The number of fused-ring (bicyclic) bond motifs is 1. The molecule has 3 nitrogen and oxygen atoms in total. The van der Waals surface area contributed by atoms with Crippen LogP contribution in [0.3, 0.4) is 0 Å². The Kier molecular flexibility index (Phi) is 3.48. The van der Waals surface area contributed by atoms with Crippen molar-refractivity contribution in [2.45, 2.75) is 20.5 Å². The van der Waals surface area contributed by atoms with Gasteiger partial charge in [0.25, 0.3) is 0 Å².